The van der Waals surface area contributed by atoms with Crippen molar-refractivity contribution in [3.8, 4) is 5.75 Å². The zero-order valence-electron chi connectivity index (χ0n) is 18.9. The van der Waals surface area contributed by atoms with Crippen LogP contribution in [-0.2, 0) is 27.5 Å². The summed E-state index contributed by atoms with van der Waals surface area (Å²) in [5.41, 5.74) is 7.07. The number of benzene rings is 1. The van der Waals surface area contributed by atoms with Gasteiger partial charge in [0.25, 0.3) is 5.91 Å². The summed E-state index contributed by atoms with van der Waals surface area (Å²) in [5, 5.41) is 0. The van der Waals surface area contributed by atoms with Gasteiger partial charge in [0.15, 0.2) is 6.29 Å². The molecule has 174 valence electrons. The molecule has 1 aromatic carbocycles. The summed E-state index contributed by atoms with van der Waals surface area (Å²) < 4.78 is 11.2. The lowest BCUT2D eigenvalue weighted by molar-refractivity contribution is -0.155. The van der Waals surface area contributed by atoms with Crippen LogP contribution in [0.5, 0.6) is 5.75 Å². The van der Waals surface area contributed by atoms with Crippen LogP contribution in [0.15, 0.2) is 36.5 Å². The molecule has 2 aromatic rings. The SMILES string of the molecule is CC(C)(C)OC(=O)CC[C@@H](C(N)=O)N1Cc2c(OCc3ccc(C=O)nc3)cccc2C1=O. The van der Waals surface area contributed by atoms with Crippen molar-refractivity contribution in [3.63, 3.8) is 0 Å². The van der Waals surface area contributed by atoms with Crippen LogP contribution in [0.3, 0.4) is 0 Å². The highest BCUT2D eigenvalue weighted by Gasteiger charge is 2.37. The third-order valence-electron chi connectivity index (χ3n) is 5.06. The van der Waals surface area contributed by atoms with Crippen molar-refractivity contribution in [2.75, 3.05) is 0 Å². The lowest BCUT2D eigenvalue weighted by atomic mass is 10.1. The molecule has 0 unspecified atom stereocenters. The van der Waals surface area contributed by atoms with Gasteiger partial charge in [-0.2, -0.15) is 0 Å². The van der Waals surface area contributed by atoms with Crippen LogP contribution < -0.4 is 10.5 Å². The predicted molar refractivity (Wildman–Crippen MR) is 118 cm³/mol. The van der Waals surface area contributed by atoms with Gasteiger partial charge in [-0.3, -0.25) is 24.2 Å². The zero-order valence-corrected chi connectivity index (χ0v) is 18.9. The minimum atomic E-state index is -0.953. The van der Waals surface area contributed by atoms with Crippen LogP contribution in [0.1, 0.15) is 65.6 Å². The molecule has 1 atom stereocenters. The molecule has 2 heterocycles. The Labute approximate surface area is 191 Å². The van der Waals surface area contributed by atoms with E-state index in [9.17, 15) is 19.2 Å². The standard InChI is InChI=1S/C24H27N3O6/c1-24(2,3)33-21(29)10-9-19(22(25)30)27-12-18-17(23(27)31)5-4-6-20(18)32-14-15-7-8-16(13-28)26-11-15/h4-8,11,13,19H,9-10,12,14H2,1-3H3,(H2,25,30)/t19-/m0/s1. The largest absolute Gasteiger partial charge is 0.488 e. The molecule has 2 N–H and O–H groups in total. The van der Waals surface area contributed by atoms with E-state index in [0.717, 1.165) is 5.56 Å². The molecule has 0 fully saturated rings. The Morgan fingerprint density at radius 2 is 2.00 bits per heavy atom. The normalized spacial score (nSPS) is 13.9. The second kappa shape index (κ2) is 9.81. The molecule has 0 saturated heterocycles. The maximum atomic E-state index is 13.0. The molecular weight excluding hydrogens is 426 g/mol. The van der Waals surface area contributed by atoms with E-state index in [1.807, 2.05) is 0 Å². The van der Waals surface area contributed by atoms with Gasteiger partial charge in [-0.15, -0.1) is 0 Å². The van der Waals surface area contributed by atoms with Crippen molar-refractivity contribution in [3.05, 3.63) is 58.9 Å². The van der Waals surface area contributed by atoms with Crippen LogP contribution in [0.25, 0.3) is 0 Å². The number of nitrogens with zero attached hydrogens (tertiary/aromatic N) is 2. The Morgan fingerprint density at radius 1 is 1.24 bits per heavy atom. The second-order valence-corrected chi connectivity index (χ2v) is 8.76. The van der Waals surface area contributed by atoms with Gasteiger partial charge in [0.1, 0.15) is 29.7 Å². The number of aromatic nitrogens is 1. The molecule has 33 heavy (non-hydrogen) atoms. The maximum Gasteiger partial charge on any atom is 0.306 e. The predicted octanol–water partition coefficient (Wildman–Crippen LogP) is 2.40. The molecule has 0 spiro atoms. The summed E-state index contributed by atoms with van der Waals surface area (Å²) in [5.74, 6) is -1.00. The fraction of sp³-hybridized carbons (Fsp3) is 0.375. The number of aldehydes is 1. The highest BCUT2D eigenvalue weighted by Crippen LogP contribution is 2.33. The third kappa shape index (κ3) is 5.94. The van der Waals surface area contributed by atoms with E-state index in [-0.39, 0.29) is 31.9 Å². The van der Waals surface area contributed by atoms with Crippen molar-refractivity contribution < 1.29 is 28.7 Å². The lowest BCUT2D eigenvalue weighted by Crippen LogP contribution is -2.45. The summed E-state index contributed by atoms with van der Waals surface area (Å²) >= 11 is 0. The van der Waals surface area contributed by atoms with E-state index in [4.69, 9.17) is 15.2 Å². The molecule has 9 nitrogen and oxygen atoms in total. The van der Waals surface area contributed by atoms with Gasteiger partial charge >= 0.3 is 5.97 Å². The van der Waals surface area contributed by atoms with Crippen molar-refractivity contribution in [1.82, 2.24) is 9.88 Å². The fourth-order valence-electron chi connectivity index (χ4n) is 3.56. The number of hydrogen-bond donors (Lipinski definition) is 1. The van der Waals surface area contributed by atoms with Gasteiger partial charge in [-0.25, -0.2) is 0 Å². The van der Waals surface area contributed by atoms with Crippen LogP contribution in [0, 0.1) is 0 Å². The Hall–Kier alpha value is -3.75. The Balaban J connectivity index is 1.71. The minimum absolute atomic E-state index is 0.0435. The van der Waals surface area contributed by atoms with Gasteiger partial charge < -0.3 is 20.1 Å². The van der Waals surface area contributed by atoms with Gasteiger partial charge in [0.2, 0.25) is 5.91 Å². The van der Waals surface area contributed by atoms with E-state index in [1.54, 1.807) is 57.3 Å². The smallest absolute Gasteiger partial charge is 0.306 e. The molecule has 0 saturated carbocycles. The van der Waals surface area contributed by atoms with Crippen molar-refractivity contribution in [2.45, 2.75) is 58.4 Å². The molecule has 0 aliphatic carbocycles. The Kier molecular flexibility index (Phi) is 7.10. The molecule has 1 aliphatic rings. The van der Waals surface area contributed by atoms with Crippen LogP contribution in [0.2, 0.25) is 0 Å². The second-order valence-electron chi connectivity index (χ2n) is 8.76. The van der Waals surface area contributed by atoms with E-state index in [0.29, 0.717) is 28.9 Å². The molecule has 0 bridgehead atoms. The van der Waals surface area contributed by atoms with Crippen molar-refractivity contribution in [2.24, 2.45) is 5.73 Å². The third-order valence-corrected chi connectivity index (χ3v) is 5.06. The average Bonchev–Trinajstić information content (AvgIpc) is 3.08. The van der Waals surface area contributed by atoms with E-state index in [1.165, 1.54) is 4.90 Å². The highest BCUT2D eigenvalue weighted by molar-refractivity contribution is 6.01. The summed E-state index contributed by atoms with van der Waals surface area (Å²) in [6, 6.07) is 7.47. The number of nitrogens with two attached hydrogens (primary N) is 1. The first kappa shape index (κ1) is 23.9. The lowest BCUT2D eigenvalue weighted by Gasteiger charge is -2.26. The first-order valence-corrected chi connectivity index (χ1v) is 10.6. The maximum absolute atomic E-state index is 13.0. The molecular formula is C24H27N3O6. The number of ether oxygens (including phenoxy) is 2. The summed E-state index contributed by atoms with van der Waals surface area (Å²) in [6.45, 7) is 5.59. The molecule has 0 radical (unpaired) electrons. The number of esters is 1. The number of amides is 2. The number of rotatable bonds is 9. The highest BCUT2D eigenvalue weighted by atomic mass is 16.6. The van der Waals surface area contributed by atoms with Crippen LogP contribution in [-0.4, -0.2) is 45.6 Å². The summed E-state index contributed by atoms with van der Waals surface area (Å²) in [6.07, 6.45) is 2.23. The quantitative estimate of drug-likeness (QED) is 0.456. The number of fused-ring (bicyclic) bond motifs is 1. The number of primary amides is 1. The number of carbonyl (C=O) groups is 4. The Morgan fingerprint density at radius 3 is 2.61 bits per heavy atom. The van der Waals surface area contributed by atoms with Crippen molar-refractivity contribution >= 4 is 24.1 Å². The number of pyridine rings is 1. The number of hydrogen-bond acceptors (Lipinski definition) is 7. The van der Waals surface area contributed by atoms with Gasteiger partial charge in [0.05, 0.1) is 6.54 Å². The van der Waals surface area contributed by atoms with E-state index >= 15 is 0 Å². The van der Waals surface area contributed by atoms with Crippen LogP contribution >= 0.6 is 0 Å². The van der Waals surface area contributed by atoms with Gasteiger partial charge in [-0.05, 0) is 45.4 Å². The van der Waals surface area contributed by atoms with Crippen LogP contribution in [0.4, 0.5) is 0 Å². The monoisotopic (exact) mass is 453 g/mol. The summed E-state index contributed by atoms with van der Waals surface area (Å²) in [7, 11) is 0. The molecule has 9 heteroatoms. The fourth-order valence-corrected chi connectivity index (χ4v) is 3.56. The first-order chi connectivity index (χ1) is 15.6. The average molecular weight is 453 g/mol. The topological polar surface area (TPSA) is 129 Å². The summed E-state index contributed by atoms with van der Waals surface area (Å²) in [4.78, 5) is 53.4. The molecule has 3 rings (SSSR count). The Bertz CT molecular complexity index is 1060. The van der Waals surface area contributed by atoms with Gasteiger partial charge in [-0.1, -0.05) is 12.1 Å². The molecule has 2 amide bonds. The number of carbonyl (C=O) groups excluding carboxylic acids is 4. The molecule has 1 aromatic heterocycles. The van der Waals surface area contributed by atoms with E-state index in [2.05, 4.69) is 4.98 Å². The first-order valence-electron chi connectivity index (χ1n) is 10.6. The van der Waals surface area contributed by atoms with E-state index < -0.39 is 23.5 Å². The van der Waals surface area contributed by atoms with Crippen molar-refractivity contribution in [1.29, 1.82) is 0 Å². The minimum Gasteiger partial charge on any atom is -0.488 e. The molecule has 1 aliphatic heterocycles. The zero-order chi connectivity index (χ0) is 24.2. The van der Waals surface area contributed by atoms with Gasteiger partial charge in [0, 0.05) is 29.3 Å².